The molecular formula is C6H3ClN6O2. The minimum Gasteiger partial charge on any atom is -0.258 e. The minimum absolute atomic E-state index is 0.0162. The second kappa shape index (κ2) is 3.58. The van der Waals surface area contributed by atoms with Crippen LogP contribution in [0, 0.1) is 10.1 Å². The van der Waals surface area contributed by atoms with Gasteiger partial charge >= 0.3 is 5.69 Å². The predicted octanol–water partition coefficient (Wildman–Crippen LogP) is 0.619. The van der Waals surface area contributed by atoms with Crippen LogP contribution in [-0.2, 0) is 0 Å². The molecule has 9 heteroatoms. The van der Waals surface area contributed by atoms with Gasteiger partial charge in [0.25, 0.3) is 0 Å². The van der Waals surface area contributed by atoms with E-state index in [0.717, 1.165) is 10.9 Å². The van der Waals surface area contributed by atoms with Gasteiger partial charge in [-0.1, -0.05) is 0 Å². The Morgan fingerprint density at radius 1 is 1.53 bits per heavy atom. The van der Waals surface area contributed by atoms with Gasteiger partial charge in [0, 0.05) is 0 Å². The van der Waals surface area contributed by atoms with Crippen molar-refractivity contribution < 1.29 is 4.92 Å². The zero-order chi connectivity index (χ0) is 10.8. The Hall–Kier alpha value is -2.09. The van der Waals surface area contributed by atoms with Crippen LogP contribution in [0.25, 0.3) is 5.82 Å². The van der Waals surface area contributed by atoms with Crippen LogP contribution < -0.4 is 0 Å². The Morgan fingerprint density at radius 2 is 2.33 bits per heavy atom. The Balaban J connectivity index is 2.63. The van der Waals surface area contributed by atoms with Crippen LogP contribution in [0.15, 0.2) is 18.9 Å². The normalized spacial score (nSPS) is 10.2. The molecule has 0 spiro atoms. The van der Waals surface area contributed by atoms with Crippen molar-refractivity contribution in [1.82, 2.24) is 24.7 Å². The van der Waals surface area contributed by atoms with Gasteiger partial charge in [-0.3, -0.25) is 10.1 Å². The zero-order valence-electron chi connectivity index (χ0n) is 7.11. The largest absolute Gasteiger partial charge is 0.332 e. The summed E-state index contributed by atoms with van der Waals surface area (Å²) in [6.45, 7) is 0. The van der Waals surface area contributed by atoms with Crippen molar-refractivity contribution in [3.63, 3.8) is 0 Å². The number of halogens is 1. The van der Waals surface area contributed by atoms with Gasteiger partial charge in [-0.2, -0.15) is 14.8 Å². The molecule has 0 radical (unpaired) electrons. The fourth-order valence-corrected chi connectivity index (χ4v) is 1.09. The molecule has 8 nitrogen and oxygen atoms in total. The average Bonchev–Trinajstić information content (AvgIpc) is 2.69. The fraction of sp³-hybridized carbons (Fsp3) is 0. The van der Waals surface area contributed by atoms with E-state index in [0.29, 0.717) is 0 Å². The van der Waals surface area contributed by atoms with Crippen LogP contribution in [0.2, 0.25) is 5.28 Å². The first-order valence-electron chi connectivity index (χ1n) is 3.70. The summed E-state index contributed by atoms with van der Waals surface area (Å²) in [5.74, 6) is -0.0162. The second-order valence-electron chi connectivity index (χ2n) is 2.45. The second-order valence-corrected chi connectivity index (χ2v) is 2.78. The minimum atomic E-state index is -0.618. The lowest BCUT2D eigenvalue weighted by Crippen LogP contribution is -2.04. The molecule has 2 heterocycles. The topological polar surface area (TPSA) is 99.6 Å². The van der Waals surface area contributed by atoms with Crippen LogP contribution >= 0.6 is 11.6 Å². The molecule has 0 amide bonds. The molecule has 0 N–H and O–H groups in total. The monoisotopic (exact) mass is 226 g/mol. The molecule has 76 valence electrons. The number of hydrogen-bond donors (Lipinski definition) is 0. The van der Waals surface area contributed by atoms with Gasteiger partial charge in [0.1, 0.15) is 18.9 Å². The van der Waals surface area contributed by atoms with Crippen LogP contribution in [0.3, 0.4) is 0 Å². The van der Waals surface area contributed by atoms with E-state index >= 15 is 0 Å². The van der Waals surface area contributed by atoms with Crippen molar-refractivity contribution in [2.75, 3.05) is 0 Å². The van der Waals surface area contributed by atoms with E-state index in [1.54, 1.807) is 0 Å². The van der Waals surface area contributed by atoms with Crippen molar-refractivity contribution >= 4 is 17.3 Å². The van der Waals surface area contributed by atoms with Crippen LogP contribution in [-0.4, -0.2) is 29.7 Å². The highest BCUT2D eigenvalue weighted by molar-refractivity contribution is 6.28. The molecule has 2 rings (SSSR count). The molecule has 0 aliphatic heterocycles. The van der Waals surface area contributed by atoms with Gasteiger partial charge in [-0.05, 0) is 11.6 Å². The molecule has 0 bridgehead atoms. The summed E-state index contributed by atoms with van der Waals surface area (Å²) >= 11 is 5.53. The van der Waals surface area contributed by atoms with Crippen LogP contribution in [0.5, 0.6) is 0 Å². The van der Waals surface area contributed by atoms with Crippen molar-refractivity contribution in [3.05, 3.63) is 34.2 Å². The molecule has 0 aliphatic carbocycles. The Bertz CT molecular complexity index is 498. The van der Waals surface area contributed by atoms with E-state index in [1.807, 2.05) is 0 Å². The van der Waals surface area contributed by atoms with Gasteiger partial charge in [0.2, 0.25) is 11.1 Å². The predicted molar refractivity (Wildman–Crippen MR) is 48.6 cm³/mol. The number of nitro groups is 1. The first kappa shape index (κ1) is 9.46. The maximum absolute atomic E-state index is 10.6. The van der Waals surface area contributed by atoms with E-state index in [9.17, 15) is 10.1 Å². The van der Waals surface area contributed by atoms with E-state index in [2.05, 4.69) is 20.1 Å². The average molecular weight is 227 g/mol. The molecule has 0 saturated carbocycles. The van der Waals surface area contributed by atoms with Crippen LogP contribution in [0.1, 0.15) is 0 Å². The molecule has 2 aromatic rings. The van der Waals surface area contributed by atoms with E-state index in [-0.39, 0.29) is 16.8 Å². The quantitative estimate of drug-likeness (QED) is 0.423. The highest BCUT2D eigenvalue weighted by Gasteiger charge is 2.18. The molecule has 2 aromatic heterocycles. The number of nitrogens with zero attached hydrogens (tertiary/aromatic N) is 6. The van der Waals surface area contributed by atoms with Gasteiger partial charge in [-0.15, -0.1) is 0 Å². The lowest BCUT2D eigenvalue weighted by atomic mass is 10.5. The van der Waals surface area contributed by atoms with Gasteiger partial charge < -0.3 is 0 Å². The van der Waals surface area contributed by atoms with Gasteiger partial charge in [0.15, 0.2) is 0 Å². The first-order chi connectivity index (χ1) is 7.18. The smallest absolute Gasteiger partial charge is 0.258 e. The molecule has 0 saturated heterocycles. The van der Waals surface area contributed by atoms with Crippen LogP contribution in [0.4, 0.5) is 5.69 Å². The summed E-state index contributed by atoms with van der Waals surface area (Å²) in [5.41, 5.74) is -0.287. The number of aromatic nitrogens is 5. The first-order valence-corrected chi connectivity index (χ1v) is 4.08. The van der Waals surface area contributed by atoms with Crippen molar-refractivity contribution in [3.8, 4) is 5.82 Å². The molecule has 0 unspecified atom stereocenters. The zero-order valence-corrected chi connectivity index (χ0v) is 7.87. The van der Waals surface area contributed by atoms with E-state index in [1.165, 1.54) is 12.7 Å². The standard InChI is InChI=1S/C6H3ClN6O2/c7-6-9-1-4(13(14)15)5(11-6)12-3-8-2-10-12/h1-3H. The molecule has 0 atom stereocenters. The molecule has 0 fully saturated rings. The van der Waals surface area contributed by atoms with Crippen molar-refractivity contribution in [2.24, 2.45) is 0 Å². The summed E-state index contributed by atoms with van der Waals surface area (Å²) in [6.07, 6.45) is 3.54. The summed E-state index contributed by atoms with van der Waals surface area (Å²) < 4.78 is 1.14. The third-order valence-corrected chi connectivity index (χ3v) is 1.74. The third-order valence-electron chi connectivity index (χ3n) is 1.55. The highest BCUT2D eigenvalue weighted by atomic mass is 35.5. The Morgan fingerprint density at radius 3 is 2.93 bits per heavy atom. The van der Waals surface area contributed by atoms with Gasteiger partial charge in [-0.25, -0.2) is 9.97 Å². The highest BCUT2D eigenvalue weighted by Crippen LogP contribution is 2.19. The summed E-state index contributed by atoms with van der Waals surface area (Å²) in [6, 6.07) is 0. The third kappa shape index (κ3) is 1.74. The fourth-order valence-electron chi connectivity index (χ4n) is 0.961. The van der Waals surface area contributed by atoms with Crippen molar-refractivity contribution in [2.45, 2.75) is 0 Å². The lowest BCUT2D eigenvalue weighted by Gasteiger charge is -1.99. The Labute approximate surface area is 87.7 Å². The SMILES string of the molecule is O=[N+]([O-])c1cnc(Cl)nc1-n1cncn1. The van der Waals surface area contributed by atoms with Gasteiger partial charge in [0.05, 0.1) is 4.92 Å². The summed E-state index contributed by atoms with van der Waals surface area (Å²) in [7, 11) is 0. The number of hydrogen-bond acceptors (Lipinski definition) is 6. The molecule has 15 heavy (non-hydrogen) atoms. The van der Waals surface area contributed by atoms with E-state index in [4.69, 9.17) is 11.6 Å². The maximum Gasteiger partial charge on any atom is 0.332 e. The van der Waals surface area contributed by atoms with Crippen molar-refractivity contribution in [1.29, 1.82) is 0 Å². The maximum atomic E-state index is 10.6. The molecule has 0 aromatic carbocycles. The lowest BCUT2D eigenvalue weighted by molar-refractivity contribution is -0.385. The van der Waals surface area contributed by atoms with E-state index < -0.39 is 4.92 Å². The Kier molecular flexibility index (Phi) is 2.26. The summed E-state index contributed by atoms with van der Waals surface area (Å²) in [5, 5.41) is 14.3. The molecule has 0 aliphatic rings. The summed E-state index contributed by atoms with van der Waals surface area (Å²) in [4.78, 5) is 20.9. The number of rotatable bonds is 2. The molecular weight excluding hydrogens is 224 g/mol.